The summed E-state index contributed by atoms with van der Waals surface area (Å²) in [5.41, 5.74) is 0. The van der Waals surface area contributed by atoms with Crippen molar-refractivity contribution >= 4 is 0 Å². The molecule has 12 heavy (non-hydrogen) atoms. The van der Waals surface area contributed by atoms with Gasteiger partial charge in [-0.1, -0.05) is 0 Å². The van der Waals surface area contributed by atoms with Crippen LogP contribution in [0, 0.1) is 0 Å². The van der Waals surface area contributed by atoms with Gasteiger partial charge in [0.05, 0.1) is 6.61 Å². The van der Waals surface area contributed by atoms with Crippen LogP contribution in [0.1, 0.15) is 0 Å². The van der Waals surface area contributed by atoms with Gasteiger partial charge in [0.25, 0.3) is 0 Å². The average molecular weight is 180 g/mol. The smallest absolute Gasteiger partial charge is 0.184 e. The van der Waals surface area contributed by atoms with Crippen molar-refractivity contribution in [2.24, 2.45) is 0 Å². The van der Waals surface area contributed by atoms with Gasteiger partial charge in [-0.05, 0) is 0 Å². The molecule has 6 heteroatoms. The van der Waals surface area contributed by atoms with E-state index < -0.39 is 37.3 Å². The van der Waals surface area contributed by atoms with E-state index in [4.69, 9.17) is 25.5 Å². The van der Waals surface area contributed by atoms with Crippen molar-refractivity contribution in [1.29, 1.82) is 0 Å². The van der Waals surface area contributed by atoms with Crippen LogP contribution in [-0.4, -0.2) is 62.8 Å². The van der Waals surface area contributed by atoms with E-state index in [1.807, 2.05) is 0 Å². The minimum atomic E-state index is -1.38. The molecule has 0 aromatic heterocycles. The Bertz CT molecular complexity index is 147. The van der Waals surface area contributed by atoms with Crippen LogP contribution in [-0.2, 0) is 4.74 Å². The molecule has 1 saturated heterocycles. The fourth-order valence-corrected chi connectivity index (χ4v) is 1.00. The predicted octanol–water partition coefficient (Wildman–Crippen LogP) is -3.22. The average Bonchev–Trinajstić information content (AvgIpc) is 2.10. The van der Waals surface area contributed by atoms with Crippen molar-refractivity contribution in [2.75, 3.05) is 6.61 Å². The van der Waals surface area contributed by atoms with Crippen molar-refractivity contribution in [3.8, 4) is 0 Å². The van der Waals surface area contributed by atoms with Crippen LogP contribution in [0.15, 0.2) is 0 Å². The maximum Gasteiger partial charge on any atom is 0.184 e. The van der Waals surface area contributed by atoms with E-state index in [1.165, 1.54) is 0 Å². The number of aliphatic hydroxyl groups is 5. The zero-order valence-electron chi connectivity index (χ0n) is 6.24. The van der Waals surface area contributed by atoms with Crippen molar-refractivity contribution in [2.45, 2.75) is 30.7 Å². The Kier molecular flexibility index (Phi) is 2.99. The third-order valence-corrected chi connectivity index (χ3v) is 1.84. The molecule has 1 rings (SSSR count). The van der Waals surface area contributed by atoms with Crippen LogP contribution < -0.4 is 0 Å². The fourth-order valence-electron chi connectivity index (χ4n) is 1.00. The summed E-state index contributed by atoms with van der Waals surface area (Å²) in [7, 11) is 0. The lowest BCUT2D eigenvalue weighted by Gasteiger charge is -2.41. The van der Waals surface area contributed by atoms with Gasteiger partial charge < -0.3 is 30.3 Å². The highest BCUT2D eigenvalue weighted by Gasteiger charge is 2.46. The van der Waals surface area contributed by atoms with Crippen molar-refractivity contribution in [3.63, 3.8) is 0 Å². The van der Waals surface area contributed by atoms with E-state index in [0.29, 0.717) is 0 Å². The number of rotatable bonds is 3. The Morgan fingerprint density at radius 2 is 1.83 bits per heavy atom. The van der Waals surface area contributed by atoms with Crippen molar-refractivity contribution in [3.05, 3.63) is 0 Å². The lowest BCUT2D eigenvalue weighted by molar-refractivity contribution is -0.332. The molecule has 0 aromatic carbocycles. The van der Waals surface area contributed by atoms with Crippen LogP contribution in [0.25, 0.3) is 0 Å². The third kappa shape index (κ3) is 1.58. The molecule has 1 aliphatic heterocycles. The van der Waals surface area contributed by atoms with E-state index in [2.05, 4.69) is 4.74 Å². The quantitative estimate of drug-likeness (QED) is 0.312. The molecule has 72 valence electrons. The van der Waals surface area contributed by atoms with Gasteiger partial charge in [0, 0.05) is 0 Å². The summed E-state index contributed by atoms with van der Waals surface area (Å²) in [6, 6.07) is 0. The summed E-state index contributed by atoms with van der Waals surface area (Å²) in [4.78, 5) is 0. The van der Waals surface area contributed by atoms with Crippen LogP contribution in [0.5, 0.6) is 0 Å². The SMILES string of the molecule is OCC(O)C(O)C1O[C@H](O)C1O. The molecule has 0 amide bonds. The van der Waals surface area contributed by atoms with Gasteiger partial charge in [0.15, 0.2) is 6.29 Å². The Morgan fingerprint density at radius 1 is 1.25 bits per heavy atom. The topological polar surface area (TPSA) is 110 Å². The summed E-state index contributed by atoms with van der Waals surface area (Å²) >= 11 is 0. The number of aliphatic hydroxyl groups excluding tert-OH is 5. The molecule has 0 radical (unpaired) electrons. The second kappa shape index (κ2) is 3.65. The van der Waals surface area contributed by atoms with Gasteiger partial charge in [-0.2, -0.15) is 0 Å². The molecule has 1 aliphatic rings. The van der Waals surface area contributed by atoms with Gasteiger partial charge in [-0.3, -0.25) is 0 Å². The molecule has 0 aromatic rings. The highest BCUT2D eigenvalue weighted by Crippen LogP contribution is 2.23. The molecule has 6 nitrogen and oxygen atoms in total. The van der Waals surface area contributed by atoms with E-state index in [1.54, 1.807) is 0 Å². The minimum absolute atomic E-state index is 0.621. The molecular formula is C6H12O6. The van der Waals surface area contributed by atoms with Gasteiger partial charge in [0.1, 0.15) is 24.4 Å². The lowest BCUT2D eigenvalue weighted by atomic mass is 9.98. The first-order valence-electron chi connectivity index (χ1n) is 3.56. The van der Waals surface area contributed by atoms with E-state index in [-0.39, 0.29) is 0 Å². The summed E-state index contributed by atoms with van der Waals surface area (Å²) in [6.07, 6.45) is -6.29. The first-order valence-corrected chi connectivity index (χ1v) is 3.56. The molecule has 1 fully saturated rings. The number of ether oxygens (including phenoxy) is 1. The van der Waals surface area contributed by atoms with Crippen LogP contribution in [0.4, 0.5) is 0 Å². The first-order chi connectivity index (χ1) is 5.57. The summed E-state index contributed by atoms with van der Waals surface area (Å²) in [5, 5.41) is 44.1. The number of hydrogen-bond acceptors (Lipinski definition) is 6. The molecule has 0 spiro atoms. The maximum atomic E-state index is 9.12. The van der Waals surface area contributed by atoms with Gasteiger partial charge >= 0.3 is 0 Å². The Balaban J connectivity index is 2.39. The summed E-state index contributed by atoms with van der Waals surface area (Å²) in [5.74, 6) is 0. The highest BCUT2D eigenvalue weighted by atomic mass is 16.7. The van der Waals surface area contributed by atoms with Crippen molar-refractivity contribution in [1.82, 2.24) is 0 Å². The zero-order chi connectivity index (χ0) is 9.30. The first kappa shape index (κ1) is 9.85. The second-order valence-corrected chi connectivity index (χ2v) is 2.72. The van der Waals surface area contributed by atoms with Crippen molar-refractivity contribution < 1.29 is 30.3 Å². The van der Waals surface area contributed by atoms with Gasteiger partial charge in [0.2, 0.25) is 0 Å². The summed E-state index contributed by atoms with van der Waals surface area (Å²) < 4.78 is 4.52. The zero-order valence-corrected chi connectivity index (χ0v) is 6.24. The van der Waals surface area contributed by atoms with Gasteiger partial charge in [-0.15, -0.1) is 0 Å². The molecule has 0 bridgehead atoms. The maximum absolute atomic E-state index is 9.12. The Morgan fingerprint density at radius 3 is 2.17 bits per heavy atom. The molecule has 5 atom stereocenters. The van der Waals surface area contributed by atoms with Gasteiger partial charge in [-0.25, -0.2) is 0 Å². The van der Waals surface area contributed by atoms with E-state index in [0.717, 1.165) is 0 Å². The normalized spacial score (nSPS) is 40.2. The molecular weight excluding hydrogens is 168 g/mol. The Hall–Kier alpha value is -0.240. The predicted molar refractivity (Wildman–Crippen MR) is 36.0 cm³/mol. The minimum Gasteiger partial charge on any atom is -0.394 e. The fraction of sp³-hybridized carbons (Fsp3) is 1.00. The van der Waals surface area contributed by atoms with Crippen LogP contribution in [0.3, 0.4) is 0 Å². The molecule has 4 unspecified atom stereocenters. The van der Waals surface area contributed by atoms with E-state index >= 15 is 0 Å². The number of hydrogen-bond donors (Lipinski definition) is 5. The largest absolute Gasteiger partial charge is 0.394 e. The van der Waals surface area contributed by atoms with Crippen LogP contribution >= 0.6 is 0 Å². The summed E-state index contributed by atoms with van der Waals surface area (Å²) in [6.45, 7) is -0.621. The Labute approximate surface area is 68.6 Å². The second-order valence-electron chi connectivity index (χ2n) is 2.72. The monoisotopic (exact) mass is 180 g/mol. The lowest BCUT2D eigenvalue weighted by Crippen LogP contribution is -2.61. The molecule has 1 heterocycles. The highest BCUT2D eigenvalue weighted by molar-refractivity contribution is 4.90. The standard InChI is InChI=1S/C6H12O6/c7-1-2(8)3(9)5-4(10)6(11)12-5/h2-11H,1H2/t2?,3?,4?,5?,6-/m0/s1. The van der Waals surface area contributed by atoms with Crippen LogP contribution in [0.2, 0.25) is 0 Å². The van der Waals surface area contributed by atoms with E-state index in [9.17, 15) is 0 Å². The molecule has 0 saturated carbocycles. The molecule has 5 N–H and O–H groups in total. The molecule has 0 aliphatic carbocycles. The third-order valence-electron chi connectivity index (χ3n) is 1.84.